The molecule has 0 aliphatic carbocycles. The van der Waals surface area contributed by atoms with Crippen LogP contribution in [-0.4, -0.2) is 64.7 Å². The van der Waals surface area contributed by atoms with Crippen LogP contribution < -0.4 is 19.9 Å². The number of benzene rings is 3. The first-order valence-electron chi connectivity index (χ1n) is 14.4. The Balaban J connectivity index is 1.79. The van der Waals surface area contributed by atoms with Crippen molar-refractivity contribution < 1.29 is 44.9 Å². The van der Waals surface area contributed by atoms with Gasteiger partial charge in [0.25, 0.3) is 20.2 Å². The number of rotatable bonds is 17. The predicted molar refractivity (Wildman–Crippen MR) is 174 cm³/mol. The molecule has 0 heterocycles. The van der Waals surface area contributed by atoms with E-state index in [1.807, 2.05) is 0 Å². The van der Waals surface area contributed by atoms with Crippen molar-refractivity contribution in [1.29, 1.82) is 21.0 Å². The van der Waals surface area contributed by atoms with E-state index in [9.17, 15) is 47.0 Å². The maximum Gasteiger partial charge on any atom is 0.272 e. The van der Waals surface area contributed by atoms with Crippen molar-refractivity contribution in [3.63, 3.8) is 0 Å². The Kier molecular flexibility index (Phi) is 14.2. The van der Waals surface area contributed by atoms with Crippen molar-refractivity contribution in [3.05, 3.63) is 94.4 Å². The summed E-state index contributed by atoms with van der Waals surface area (Å²) in [6, 6.07) is 25.9. The Labute approximate surface area is 283 Å². The van der Waals surface area contributed by atoms with Crippen molar-refractivity contribution in [2.75, 3.05) is 38.8 Å². The molecule has 49 heavy (non-hydrogen) atoms. The molecule has 0 fully saturated rings. The molecule has 16 heteroatoms. The minimum atomic E-state index is -4.41. The molecule has 2 atom stereocenters. The molecule has 254 valence electrons. The van der Waals surface area contributed by atoms with E-state index in [0.29, 0.717) is 11.1 Å². The molecule has 2 N–H and O–H groups in total. The van der Waals surface area contributed by atoms with Crippen molar-refractivity contribution in [1.82, 2.24) is 0 Å². The number of hydrogen-bond acceptors (Lipinski definition) is 12. The first-order chi connectivity index (χ1) is 23.4. The average Bonchev–Trinajstić information content (AvgIpc) is 3.07. The van der Waals surface area contributed by atoms with Gasteiger partial charge in [0.15, 0.2) is 0 Å². The van der Waals surface area contributed by atoms with Crippen molar-refractivity contribution in [2.24, 2.45) is 0 Å². The molecule has 0 spiro atoms. The fourth-order valence-electron chi connectivity index (χ4n) is 4.58. The van der Waals surface area contributed by atoms with Gasteiger partial charge in [0.05, 0.1) is 19.3 Å². The van der Waals surface area contributed by atoms with Gasteiger partial charge in [-0.1, -0.05) is 60.7 Å². The second kappa shape index (κ2) is 18.3. The Morgan fingerprint density at radius 3 is 1.57 bits per heavy atom. The Bertz CT molecular complexity index is 2090. The highest BCUT2D eigenvalue weighted by molar-refractivity contribution is 7.86. The zero-order chi connectivity index (χ0) is 35.9. The lowest BCUT2D eigenvalue weighted by Gasteiger charge is -2.18. The van der Waals surface area contributed by atoms with Crippen LogP contribution in [0.25, 0.3) is 11.1 Å². The summed E-state index contributed by atoms with van der Waals surface area (Å²) in [5.41, 5.74) is 0.109. The van der Waals surface area contributed by atoms with Gasteiger partial charge in [0.1, 0.15) is 71.1 Å². The summed E-state index contributed by atoms with van der Waals surface area (Å²) in [6.45, 7) is -0.745. The van der Waals surface area contributed by atoms with Gasteiger partial charge in [0, 0.05) is 17.0 Å². The van der Waals surface area contributed by atoms with Crippen LogP contribution in [-0.2, 0) is 29.7 Å². The predicted octanol–water partition coefficient (Wildman–Crippen LogP) is 2.52. The molecule has 3 aromatic carbocycles. The van der Waals surface area contributed by atoms with Crippen LogP contribution in [0.2, 0.25) is 0 Å². The minimum absolute atomic E-state index is 0.0241. The van der Waals surface area contributed by atoms with E-state index < -0.39 is 37.3 Å². The van der Waals surface area contributed by atoms with E-state index in [1.54, 1.807) is 84.9 Å². The second-order valence-electron chi connectivity index (χ2n) is 10.1. The molecule has 3 rings (SSSR count). The summed E-state index contributed by atoms with van der Waals surface area (Å²) < 4.78 is 88.7. The van der Waals surface area contributed by atoms with Crippen LogP contribution in [0.4, 0.5) is 0 Å². The summed E-state index contributed by atoms with van der Waals surface area (Å²) in [4.78, 5) is 0. The molecule has 0 saturated heterocycles. The van der Waals surface area contributed by atoms with Crippen LogP contribution in [0.15, 0.2) is 72.8 Å². The summed E-state index contributed by atoms with van der Waals surface area (Å²) in [5.74, 6) is -0.855. The molecule has 0 aliphatic rings. The molecular weight excluding hydrogens is 677 g/mol. The smallest absolute Gasteiger partial charge is 0.272 e. The third-order valence-corrected chi connectivity index (χ3v) is 8.75. The number of nitriles is 4. The van der Waals surface area contributed by atoms with E-state index in [0.717, 1.165) is 0 Å². The summed E-state index contributed by atoms with van der Waals surface area (Å²) in [6.07, 6.45) is -1.10. The zero-order valence-electron chi connectivity index (χ0n) is 25.8. The molecule has 0 saturated carbocycles. The number of ether oxygens (including phenoxy) is 4. The fraction of sp³-hybridized carbons (Fsp3) is 0.273. The van der Waals surface area contributed by atoms with Crippen LogP contribution >= 0.6 is 0 Å². The first kappa shape index (κ1) is 38.2. The second-order valence-corrected chi connectivity index (χ2v) is 13.2. The van der Waals surface area contributed by atoms with E-state index in [2.05, 4.69) is 0 Å². The Morgan fingerprint density at radius 2 is 1.12 bits per heavy atom. The van der Waals surface area contributed by atoms with Gasteiger partial charge in [-0.05, 0) is 29.7 Å². The molecule has 3 aromatic rings. The molecule has 0 bridgehead atoms. The van der Waals surface area contributed by atoms with E-state index in [1.165, 1.54) is 12.1 Å². The van der Waals surface area contributed by atoms with E-state index in [4.69, 9.17) is 18.9 Å². The largest absolute Gasteiger partial charge is 0.490 e. The Hall–Kier alpha value is -5.30. The third kappa shape index (κ3) is 11.7. The highest BCUT2D eigenvalue weighted by atomic mass is 32.2. The van der Waals surface area contributed by atoms with E-state index >= 15 is 0 Å². The lowest BCUT2D eigenvalue weighted by atomic mass is 10.1. The van der Waals surface area contributed by atoms with Crippen molar-refractivity contribution in [2.45, 2.75) is 17.8 Å². The summed E-state index contributed by atoms with van der Waals surface area (Å²) in [7, 11) is -8.82. The van der Waals surface area contributed by atoms with Gasteiger partial charge < -0.3 is 18.9 Å². The SMILES string of the molecule is N#CC(C#N)=c1cc(OCCOC(CS(=O)(=O)O)c2ccccc2)c(=C(C#N)C#N)cc1OCCOCCC(c1ccccc1)S(=O)(=O)O. The lowest BCUT2D eigenvalue weighted by molar-refractivity contribution is 0.0447. The average molecular weight is 707 g/mol. The molecule has 0 aromatic heterocycles. The van der Waals surface area contributed by atoms with Crippen LogP contribution in [0.5, 0.6) is 11.5 Å². The number of nitrogens with zero attached hydrogens (tertiary/aromatic N) is 4. The molecule has 0 amide bonds. The first-order valence-corrected chi connectivity index (χ1v) is 17.5. The summed E-state index contributed by atoms with van der Waals surface area (Å²) >= 11 is 0. The van der Waals surface area contributed by atoms with Gasteiger partial charge >= 0.3 is 0 Å². The third-order valence-electron chi connectivity index (χ3n) is 6.80. The fourth-order valence-corrected chi connectivity index (χ4v) is 6.15. The van der Waals surface area contributed by atoms with Crippen LogP contribution in [0.1, 0.15) is 28.9 Å². The van der Waals surface area contributed by atoms with Gasteiger partial charge in [-0.3, -0.25) is 9.11 Å². The zero-order valence-corrected chi connectivity index (χ0v) is 27.4. The van der Waals surface area contributed by atoms with Crippen molar-refractivity contribution in [3.8, 4) is 35.8 Å². The van der Waals surface area contributed by atoms with Crippen molar-refractivity contribution >= 4 is 31.4 Å². The quantitative estimate of drug-likeness (QED) is 0.151. The standard InChI is InChI=1S/C33H30N4O10S2/c34-19-26(20-35)28-18-31(46-15-16-47-32(23-48(38,39)40)24-7-3-1-4-8-24)29(27(21-36)22-37)17-30(28)45-14-13-44-12-11-33(49(41,42)43)25-9-5-2-6-10-25/h1-10,17-18,32-33H,11-16,23H2,(H,38,39,40)(H,41,42,43). The molecule has 14 nitrogen and oxygen atoms in total. The number of hydrogen-bond donors (Lipinski definition) is 2. The topological polar surface area (TPSA) is 241 Å². The normalized spacial score (nSPS) is 12.3. The molecule has 2 unspecified atom stereocenters. The molecule has 0 aliphatic heterocycles. The monoisotopic (exact) mass is 706 g/mol. The highest BCUT2D eigenvalue weighted by Gasteiger charge is 2.24. The molecule has 0 radical (unpaired) electrons. The van der Waals surface area contributed by atoms with E-state index in [-0.39, 0.29) is 72.5 Å². The maximum absolute atomic E-state index is 11.9. The molecular formula is C33H30N4O10S2. The Morgan fingerprint density at radius 1 is 0.653 bits per heavy atom. The van der Waals surface area contributed by atoms with Crippen LogP contribution in [0.3, 0.4) is 0 Å². The van der Waals surface area contributed by atoms with Gasteiger partial charge in [-0.2, -0.15) is 37.9 Å². The highest BCUT2D eigenvalue weighted by Crippen LogP contribution is 2.25. The summed E-state index contributed by atoms with van der Waals surface area (Å²) in [5, 5.41) is 37.1. The lowest BCUT2D eigenvalue weighted by Crippen LogP contribution is -2.23. The van der Waals surface area contributed by atoms with Gasteiger partial charge in [-0.15, -0.1) is 0 Å². The van der Waals surface area contributed by atoms with Crippen LogP contribution in [0, 0.1) is 45.3 Å². The van der Waals surface area contributed by atoms with Gasteiger partial charge in [0.2, 0.25) is 0 Å². The van der Waals surface area contributed by atoms with Gasteiger partial charge in [-0.25, -0.2) is 0 Å². The maximum atomic E-state index is 11.9. The minimum Gasteiger partial charge on any atom is -0.490 e.